The van der Waals surface area contributed by atoms with Gasteiger partial charge in [-0.25, -0.2) is 0 Å². The van der Waals surface area contributed by atoms with E-state index in [1.807, 2.05) is 13.0 Å². The minimum atomic E-state index is -0.321. The first kappa shape index (κ1) is 18.4. The van der Waals surface area contributed by atoms with Gasteiger partial charge in [-0.15, -0.1) is 0 Å². The van der Waals surface area contributed by atoms with Crippen LogP contribution in [0.15, 0.2) is 36.4 Å². The Labute approximate surface area is 161 Å². The molecular formula is C19H18Cl2N2O3. The molecule has 0 aliphatic carbocycles. The van der Waals surface area contributed by atoms with E-state index in [1.165, 1.54) is 0 Å². The number of rotatable bonds is 5. The van der Waals surface area contributed by atoms with Gasteiger partial charge in [0.1, 0.15) is 17.2 Å². The highest BCUT2D eigenvalue weighted by Gasteiger charge is 2.20. The summed E-state index contributed by atoms with van der Waals surface area (Å²) in [6.07, 6.45) is 0. The van der Waals surface area contributed by atoms with Gasteiger partial charge in [0.05, 0.1) is 25.3 Å². The SMILES string of the molecule is COc1ccc(OC)c(C(C)NC(=O)c2[nH]c3ccc(Cl)cc3c2Cl)c1. The molecule has 2 aromatic carbocycles. The van der Waals surface area contributed by atoms with Crippen molar-refractivity contribution in [1.29, 1.82) is 0 Å². The van der Waals surface area contributed by atoms with E-state index in [4.69, 9.17) is 32.7 Å². The van der Waals surface area contributed by atoms with Crippen LogP contribution in [0.4, 0.5) is 0 Å². The Hall–Kier alpha value is -2.37. The highest BCUT2D eigenvalue weighted by atomic mass is 35.5. The molecule has 0 saturated carbocycles. The Kier molecular flexibility index (Phi) is 5.30. The lowest BCUT2D eigenvalue weighted by molar-refractivity contribution is 0.0935. The van der Waals surface area contributed by atoms with E-state index >= 15 is 0 Å². The molecule has 2 N–H and O–H groups in total. The zero-order chi connectivity index (χ0) is 18.8. The first-order valence-corrected chi connectivity index (χ1v) is 8.69. The topological polar surface area (TPSA) is 63.4 Å². The normalized spacial score (nSPS) is 12.0. The number of hydrogen-bond donors (Lipinski definition) is 2. The van der Waals surface area contributed by atoms with Crippen molar-refractivity contribution in [1.82, 2.24) is 10.3 Å². The molecule has 0 bridgehead atoms. The number of carbonyl (C=O) groups excluding carboxylic acids is 1. The van der Waals surface area contributed by atoms with Gasteiger partial charge in [-0.3, -0.25) is 4.79 Å². The maximum absolute atomic E-state index is 12.7. The van der Waals surface area contributed by atoms with Crippen LogP contribution in [0.3, 0.4) is 0 Å². The third-order valence-electron chi connectivity index (χ3n) is 4.18. The standard InChI is InChI=1S/C19H18Cl2N2O3/c1-10(13-9-12(25-2)5-7-16(13)26-3)22-19(24)18-17(21)14-8-11(20)4-6-15(14)23-18/h4-10,23H,1-3H3,(H,22,24). The summed E-state index contributed by atoms with van der Waals surface area (Å²) < 4.78 is 10.6. The van der Waals surface area contributed by atoms with Crippen LogP contribution in [0.1, 0.15) is 29.0 Å². The average molecular weight is 393 g/mol. The number of aromatic nitrogens is 1. The molecule has 1 aromatic heterocycles. The number of H-pyrrole nitrogens is 1. The Balaban J connectivity index is 1.89. The van der Waals surface area contributed by atoms with Crippen molar-refractivity contribution in [3.63, 3.8) is 0 Å². The van der Waals surface area contributed by atoms with Crippen LogP contribution in [0, 0.1) is 0 Å². The number of hydrogen-bond acceptors (Lipinski definition) is 3. The molecule has 0 saturated heterocycles. The highest BCUT2D eigenvalue weighted by Crippen LogP contribution is 2.32. The van der Waals surface area contributed by atoms with E-state index in [-0.39, 0.29) is 17.6 Å². The molecular weight excluding hydrogens is 375 g/mol. The molecule has 1 amide bonds. The van der Waals surface area contributed by atoms with E-state index in [0.29, 0.717) is 26.9 Å². The van der Waals surface area contributed by atoms with Gasteiger partial charge < -0.3 is 19.8 Å². The number of ether oxygens (including phenoxy) is 2. The molecule has 26 heavy (non-hydrogen) atoms. The van der Waals surface area contributed by atoms with Gasteiger partial charge in [0, 0.05) is 21.5 Å². The van der Waals surface area contributed by atoms with Crippen molar-refractivity contribution < 1.29 is 14.3 Å². The summed E-state index contributed by atoms with van der Waals surface area (Å²) in [5.41, 5.74) is 1.84. The fourth-order valence-electron chi connectivity index (χ4n) is 2.81. The van der Waals surface area contributed by atoms with Crippen LogP contribution >= 0.6 is 23.2 Å². The molecule has 5 nitrogen and oxygen atoms in total. The van der Waals surface area contributed by atoms with Crippen molar-refractivity contribution in [2.24, 2.45) is 0 Å². The molecule has 0 radical (unpaired) electrons. The second kappa shape index (κ2) is 7.48. The molecule has 1 unspecified atom stereocenters. The summed E-state index contributed by atoms with van der Waals surface area (Å²) in [7, 11) is 3.17. The van der Waals surface area contributed by atoms with Crippen LogP contribution in [0.5, 0.6) is 11.5 Å². The monoisotopic (exact) mass is 392 g/mol. The summed E-state index contributed by atoms with van der Waals surface area (Å²) >= 11 is 12.4. The third-order valence-corrected chi connectivity index (χ3v) is 4.80. The average Bonchev–Trinajstić information content (AvgIpc) is 2.97. The van der Waals surface area contributed by atoms with Crippen molar-refractivity contribution in [3.8, 4) is 11.5 Å². The van der Waals surface area contributed by atoms with E-state index in [9.17, 15) is 4.79 Å². The summed E-state index contributed by atoms with van der Waals surface area (Å²) in [6, 6.07) is 10.4. The van der Waals surface area contributed by atoms with Gasteiger partial charge in [0.15, 0.2) is 0 Å². The van der Waals surface area contributed by atoms with Crippen molar-refractivity contribution in [2.75, 3.05) is 14.2 Å². The number of fused-ring (bicyclic) bond motifs is 1. The van der Waals surface area contributed by atoms with E-state index in [2.05, 4.69) is 10.3 Å². The summed E-state index contributed by atoms with van der Waals surface area (Å²) in [6.45, 7) is 1.86. The number of carbonyl (C=O) groups is 1. The predicted octanol–water partition coefficient (Wildman–Crippen LogP) is 4.98. The van der Waals surface area contributed by atoms with Gasteiger partial charge in [-0.05, 0) is 43.3 Å². The second-order valence-corrected chi connectivity index (χ2v) is 6.62. The minimum absolute atomic E-state index is 0.289. The van der Waals surface area contributed by atoms with Gasteiger partial charge in [-0.2, -0.15) is 0 Å². The van der Waals surface area contributed by atoms with E-state index in [1.54, 1.807) is 44.6 Å². The van der Waals surface area contributed by atoms with E-state index in [0.717, 1.165) is 11.1 Å². The number of nitrogens with one attached hydrogen (secondary N) is 2. The van der Waals surface area contributed by atoms with Crippen LogP contribution in [0.25, 0.3) is 10.9 Å². The number of benzene rings is 2. The van der Waals surface area contributed by atoms with Gasteiger partial charge >= 0.3 is 0 Å². The zero-order valence-corrected chi connectivity index (χ0v) is 16.0. The number of amides is 1. The minimum Gasteiger partial charge on any atom is -0.497 e. The summed E-state index contributed by atoms with van der Waals surface area (Å²) in [5.74, 6) is 1.02. The number of halogens is 2. The van der Waals surface area contributed by atoms with Gasteiger partial charge in [0.25, 0.3) is 5.91 Å². The quantitative estimate of drug-likeness (QED) is 0.643. The number of methoxy groups -OCH3 is 2. The summed E-state index contributed by atoms with van der Waals surface area (Å²) in [4.78, 5) is 15.8. The summed E-state index contributed by atoms with van der Waals surface area (Å²) in [5, 5.41) is 4.53. The third kappa shape index (κ3) is 3.45. The smallest absolute Gasteiger partial charge is 0.269 e. The molecule has 136 valence electrons. The Bertz CT molecular complexity index is 969. The van der Waals surface area contributed by atoms with E-state index < -0.39 is 0 Å². The fraction of sp³-hybridized carbons (Fsp3) is 0.211. The molecule has 1 heterocycles. The first-order valence-electron chi connectivity index (χ1n) is 7.94. The molecule has 1 atom stereocenters. The van der Waals surface area contributed by atoms with Crippen molar-refractivity contribution in [2.45, 2.75) is 13.0 Å². The molecule has 3 rings (SSSR count). The van der Waals surface area contributed by atoms with Crippen molar-refractivity contribution in [3.05, 3.63) is 57.7 Å². The van der Waals surface area contributed by atoms with Crippen LogP contribution in [-0.4, -0.2) is 25.1 Å². The number of aromatic amines is 1. The fourth-order valence-corrected chi connectivity index (χ4v) is 3.27. The molecule has 0 spiro atoms. The first-order chi connectivity index (χ1) is 12.4. The molecule has 0 aliphatic rings. The molecule has 3 aromatic rings. The van der Waals surface area contributed by atoms with Crippen LogP contribution in [0.2, 0.25) is 10.0 Å². The van der Waals surface area contributed by atoms with Gasteiger partial charge in [0.2, 0.25) is 0 Å². The highest BCUT2D eigenvalue weighted by molar-refractivity contribution is 6.39. The van der Waals surface area contributed by atoms with Crippen LogP contribution < -0.4 is 14.8 Å². The lowest BCUT2D eigenvalue weighted by atomic mass is 10.1. The zero-order valence-electron chi connectivity index (χ0n) is 14.5. The maximum Gasteiger partial charge on any atom is 0.269 e. The lowest BCUT2D eigenvalue weighted by Gasteiger charge is -2.18. The largest absolute Gasteiger partial charge is 0.497 e. The maximum atomic E-state index is 12.7. The molecule has 7 heteroatoms. The van der Waals surface area contributed by atoms with Crippen LogP contribution in [-0.2, 0) is 0 Å². The second-order valence-electron chi connectivity index (χ2n) is 5.81. The predicted molar refractivity (Wildman–Crippen MR) is 104 cm³/mol. The molecule has 0 fully saturated rings. The van der Waals surface area contributed by atoms with Crippen molar-refractivity contribution >= 4 is 40.0 Å². The lowest BCUT2D eigenvalue weighted by Crippen LogP contribution is -2.27. The molecule has 0 aliphatic heterocycles. The Morgan fingerprint density at radius 3 is 2.58 bits per heavy atom. The Morgan fingerprint density at radius 2 is 1.88 bits per heavy atom. The van der Waals surface area contributed by atoms with Gasteiger partial charge in [-0.1, -0.05) is 23.2 Å². The Morgan fingerprint density at radius 1 is 1.12 bits per heavy atom.